The number of hydrazine groups is 1. The van der Waals surface area contributed by atoms with E-state index in [9.17, 15) is 4.79 Å². The van der Waals surface area contributed by atoms with Crippen LogP contribution in [0.25, 0.3) is 16.8 Å². The molecule has 0 bridgehead atoms. The zero-order valence-corrected chi connectivity index (χ0v) is 17.2. The highest BCUT2D eigenvalue weighted by Gasteiger charge is 2.28. The zero-order chi connectivity index (χ0) is 20.0. The Morgan fingerprint density at radius 3 is 2.76 bits per heavy atom. The molecule has 1 aromatic carbocycles. The molecular weight excluding hydrogens is 432 g/mol. The number of carbonyl (C=O) groups excluding carboxylic acids is 1. The van der Waals surface area contributed by atoms with Crippen LogP contribution in [0.3, 0.4) is 0 Å². The van der Waals surface area contributed by atoms with Crippen molar-refractivity contribution in [3.05, 3.63) is 76.9 Å². The van der Waals surface area contributed by atoms with Crippen LogP contribution in [0.1, 0.15) is 16.1 Å². The minimum absolute atomic E-state index is 0.144. The maximum Gasteiger partial charge on any atom is 0.292 e. The summed E-state index contributed by atoms with van der Waals surface area (Å²) in [5.41, 5.74) is 5.43. The highest BCUT2D eigenvalue weighted by molar-refractivity contribution is 9.10. The van der Waals surface area contributed by atoms with Crippen molar-refractivity contribution >= 4 is 33.2 Å². The van der Waals surface area contributed by atoms with Crippen LogP contribution in [0.15, 0.2) is 65.7 Å². The molecule has 0 fully saturated rings. The van der Waals surface area contributed by atoms with E-state index in [0.717, 1.165) is 27.7 Å². The monoisotopic (exact) mass is 448 g/mol. The van der Waals surface area contributed by atoms with E-state index in [-0.39, 0.29) is 5.91 Å². The van der Waals surface area contributed by atoms with Gasteiger partial charge in [-0.3, -0.25) is 14.8 Å². The average molecular weight is 449 g/mol. The Labute approximate surface area is 175 Å². The molecule has 0 saturated carbocycles. The van der Waals surface area contributed by atoms with Gasteiger partial charge in [0.1, 0.15) is 0 Å². The van der Waals surface area contributed by atoms with Crippen molar-refractivity contribution in [2.24, 2.45) is 0 Å². The fraction of sp³-hybridized carbons (Fsp3) is 0.143. The number of carbonyl (C=O) groups is 1. The van der Waals surface area contributed by atoms with E-state index in [0.29, 0.717) is 17.9 Å². The third kappa shape index (κ3) is 3.15. The van der Waals surface area contributed by atoms with Gasteiger partial charge in [0.25, 0.3) is 5.91 Å². The van der Waals surface area contributed by atoms with Gasteiger partial charge in [0, 0.05) is 44.4 Å². The fourth-order valence-electron chi connectivity index (χ4n) is 3.64. The van der Waals surface area contributed by atoms with Crippen LogP contribution in [0.5, 0.6) is 0 Å². The Bertz CT molecular complexity index is 1220. The topological polar surface area (TPSA) is 66.6 Å². The lowest BCUT2D eigenvalue weighted by molar-refractivity contribution is 0.0732. The van der Waals surface area contributed by atoms with Crippen LogP contribution < -0.4 is 5.01 Å². The van der Waals surface area contributed by atoms with Gasteiger partial charge in [0.2, 0.25) is 0 Å². The number of amides is 1. The minimum atomic E-state index is -0.144. The standard InChI is InChI=1S/C21H17BrN6O/c1-26-19-10-16(14-4-7-23-8-5-14)3-2-15(19)6-9-28(26)21(29)18-11-20-24-12-17(22)13-27(20)25-18/h2-5,7-8,10-13H,6,9H2,1H3. The van der Waals surface area contributed by atoms with Crippen LogP contribution >= 0.6 is 15.9 Å². The molecule has 0 aliphatic carbocycles. The van der Waals surface area contributed by atoms with Gasteiger partial charge in [0.15, 0.2) is 11.3 Å². The van der Waals surface area contributed by atoms with Crippen LogP contribution in [0.4, 0.5) is 5.69 Å². The largest absolute Gasteiger partial charge is 0.292 e. The summed E-state index contributed by atoms with van der Waals surface area (Å²) in [5.74, 6) is -0.144. The Morgan fingerprint density at radius 2 is 1.93 bits per heavy atom. The quantitative estimate of drug-likeness (QED) is 0.468. The molecule has 1 aliphatic rings. The van der Waals surface area contributed by atoms with E-state index in [2.05, 4.69) is 49.2 Å². The van der Waals surface area contributed by atoms with Gasteiger partial charge in [0.05, 0.1) is 10.2 Å². The molecule has 4 heterocycles. The van der Waals surface area contributed by atoms with Crippen LogP contribution in [-0.4, -0.2) is 44.1 Å². The highest BCUT2D eigenvalue weighted by Crippen LogP contribution is 2.32. The van der Waals surface area contributed by atoms with Crippen molar-refractivity contribution < 1.29 is 4.79 Å². The molecule has 7 nitrogen and oxygen atoms in total. The summed E-state index contributed by atoms with van der Waals surface area (Å²) in [6, 6.07) is 12.0. The summed E-state index contributed by atoms with van der Waals surface area (Å²) in [6.07, 6.45) is 7.83. The van der Waals surface area contributed by atoms with Gasteiger partial charge in [-0.25, -0.2) is 14.5 Å². The molecule has 4 aromatic rings. The van der Waals surface area contributed by atoms with E-state index in [1.54, 1.807) is 40.4 Å². The van der Waals surface area contributed by atoms with Crippen LogP contribution in [0, 0.1) is 0 Å². The number of rotatable bonds is 2. The normalized spacial score (nSPS) is 13.6. The molecule has 0 radical (unpaired) electrons. The molecular formula is C21H17BrN6O. The Hall–Kier alpha value is -3.26. The number of nitrogens with zero attached hydrogens (tertiary/aromatic N) is 6. The molecule has 1 amide bonds. The summed E-state index contributed by atoms with van der Waals surface area (Å²) < 4.78 is 2.41. The smallest absolute Gasteiger partial charge is 0.285 e. The minimum Gasteiger partial charge on any atom is -0.285 e. The second kappa shape index (κ2) is 6.97. The number of fused-ring (bicyclic) bond motifs is 2. The number of pyridine rings is 1. The first-order valence-electron chi connectivity index (χ1n) is 9.20. The van der Waals surface area contributed by atoms with E-state index in [1.165, 1.54) is 5.56 Å². The number of aromatic nitrogens is 4. The van der Waals surface area contributed by atoms with Crippen molar-refractivity contribution in [3.8, 4) is 11.1 Å². The average Bonchev–Trinajstić information content (AvgIpc) is 3.17. The van der Waals surface area contributed by atoms with Gasteiger partial charge in [-0.2, -0.15) is 5.10 Å². The Kier molecular flexibility index (Phi) is 4.28. The lowest BCUT2D eigenvalue weighted by atomic mass is 10.00. The van der Waals surface area contributed by atoms with Gasteiger partial charge >= 0.3 is 0 Å². The van der Waals surface area contributed by atoms with E-state index < -0.39 is 0 Å². The van der Waals surface area contributed by atoms with Crippen molar-refractivity contribution in [2.75, 3.05) is 18.6 Å². The highest BCUT2D eigenvalue weighted by atomic mass is 79.9. The third-order valence-corrected chi connectivity index (χ3v) is 5.55. The molecule has 0 atom stereocenters. The molecule has 5 rings (SSSR count). The van der Waals surface area contributed by atoms with Gasteiger partial charge in [-0.05, 0) is 57.2 Å². The molecule has 144 valence electrons. The summed E-state index contributed by atoms with van der Waals surface area (Å²) in [6.45, 7) is 0.599. The summed E-state index contributed by atoms with van der Waals surface area (Å²) >= 11 is 3.38. The third-order valence-electron chi connectivity index (χ3n) is 5.14. The lowest BCUT2D eigenvalue weighted by Crippen LogP contribution is -2.48. The molecule has 0 N–H and O–H groups in total. The Balaban J connectivity index is 1.48. The number of benzene rings is 1. The second-order valence-electron chi connectivity index (χ2n) is 6.89. The van der Waals surface area contributed by atoms with Crippen molar-refractivity contribution in [1.82, 2.24) is 24.6 Å². The molecule has 29 heavy (non-hydrogen) atoms. The first-order valence-corrected chi connectivity index (χ1v) is 9.99. The van der Waals surface area contributed by atoms with Crippen molar-refractivity contribution in [2.45, 2.75) is 6.42 Å². The fourth-order valence-corrected chi connectivity index (χ4v) is 3.93. The second-order valence-corrected chi connectivity index (χ2v) is 7.80. The number of hydrogen-bond donors (Lipinski definition) is 0. The molecule has 0 spiro atoms. The molecule has 8 heteroatoms. The van der Waals surface area contributed by atoms with Gasteiger partial charge < -0.3 is 0 Å². The molecule has 0 saturated heterocycles. The molecule has 3 aromatic heterocycles. The van der Waals surface area contributed by atoms with Crippen LogP contribution in [0.2, 0.25) is 0 Å². The van der Waals surface area contributed by atoms with E-state index in [1.807, 2.05) is 24.2 Å². The maximum atomic E-state index is 13.2. The van der Waals surface area contributed by atoms with Gasteiger partial charge in [-0.15, -0.1) is 0 Å². The van der Waals surface area contributed by atoms with Gasteiger partial charge in [-0.1, -0.05) is 12.1 Å². The maximum absolute atomic E-state index is 13.2. The summed E-state index contributed by atoms with van der Waals surface area (Å²) in [4.78, 5) is 21.6. The van der Waals surface area contributed by atoms with E-state index >= 15 is 0 Å². The number of halogens is 1. The predicted molar refractivity (Wildman–Crippen MR) is 114 cm³/mol. The van der Waals surface area contributed by atoms with Crippen LogP contribution in [-0.2, 0) is 6.42 Å². The number of anilines is 1. The van der Waals surface area contributed by atoms with Crippen molar-refractivity contribution in [3.63, 3.8) is 0 Å². The first kappa shape index (κ1) is 17.8. The van der Waals surface area contributed by atoms with Crippen molar-refractivity contribution in [1.29, 1.82) is 0 Å². The first-order chi connectivity index (χ1) is 14.1. The lowest BCUT2D eigenvalue weighted by Gasteiger charge is -2.38. The molecule has 1 aliphatic heterocycles. The van der Waals surface area contributed by atoms with E-state index in [4.69, 9.17) is 0 Å². The molecule has 0 unspecified atom stereocenters. The summed E-state index contributed by atoms with van der Waals surface area (Å²) in [7, 11) is 1.91. The SMILES string of the molecule is CN1c2cc(-c3ccncc3)ccc2CCN1C(=O)c1cc2ncc(Br)cn2n1. The number of hydrogen-bond acceptors (Lipinski definition) is 5. The zero-order valence-electron chi connectivity index (χ0n) is 15.7. The summed E-state index contributed by atoms with van der Waals surface area (Å²) in [5, 5.41) is 8.05. The predicted octanol–water partition coefficient (Wildman–Crippen LogP) is 3.60. The Morgan fingerprint density at radius 1 is 1.10 bits per heavy atom.